The first-order valence-corrected chi connectivity index (χ1v) is 10.2. The quantitative estimate of drug-likeness (QED) is 0.686. The van der Waals surface area contributed by atoms with Crippen molar-refractivity contribution in [3.05, 3.63) is 44.5 Å². The van der Waals surface area contributed by atoms with Crippen molar-refractivity contribution < 1.29 is 29.6 Å². The Balaban J connectivity index is 1.97. The summed E-state index contributed by atoms with van der Waals surface area (Å²) >= 11 is 0. The summed E-state index contributed by atoms with van der Waals surface area (Å²) in [6.07, 6.45) is 0.706. The van der Waals surface area contributed by atoms with Crippen molar-refractivity contribution in [2.24, 2.45) is 0 Å². The standard InChI is InChI=1S/C24H28O6/c1-10(25)7-15-11(2)20(26)14(5)23-16(15)8-18-19-12(3)21(27)13(4)22(28)17(19)9-29-24(18,6)30-23/h18,26-28H,7-9H2,1-6H3/t18-,24-/m1/s1. The van der Waals surface area contributed by atoms with Gasteiger partial charge in [-0.2, -0.15) is 0 Å². The molecule has 4 rings (SSSR count). The predicted molar refractivity (Wildman–Crippen MR) is 111 cm³/mol. The van der Waals surface area contributed by atoms with Crippen LogP contribution in [0.5, 0.6) is 23.0 Å². The van der Waals surface area contributed by atoms with Crippen LogP contribution < -0.4 is 4.74 Å². The zero-order valence-electron chi connectivity index (χ0n) is 18.3. The SMILES string of the molecule is CC(=O)Cc1c(C)c(O)c(C)c2c1C[C@@H]1c3c(C)c(O)c(C)c(O)c3CO[C@]1(C)O2. The lowest BCUT2D eigenvalue weighted by Gasteiger charge is -2.47. The number of aromatic hydroxyl groups is 3. The maximum absolute atomic E-state index is 12.0. The lowest BCUT2D eigenvalue weighted by atomic mass is 9.74. The van der Waals surface area contributed by atoms with Crippen LogP contribution in [0.25, 0.3) is 0 Å². The number of carbonyl (C=O) groups excluding carboxylic acids is 1. The van der Waals surface area contributed by atoms with E-state index in [9.17, 15) is 20.1 Å². The Morgan fingerprint density at radius 2 is 1.60 bits per heavy atom. The van der Waals surface area contributed by atoms with Crippen molar-refractivity contribution in [1.82, 2.24) is 0 Å². The first kappa shape index (κ1) is 20.5. The molecule has 2 aliphatic rings. The fourth-order valence-corrected chi connectivity index (χ4v) is 5.06. The van der Waals surface area contributed by atoms with E-state index in [1.807, 2.05) is 20.8 Å². The summed E-state index contributed by atoms with van der Waals surface area (Å²) in [5, 5.41) is 31.9. The van der Waals surface area contributed by atoms with Gasteiger partial charge in [-0.1, -0.05) is 0 Å². The number of hydrogen-bond acceptors (Lipinski definition) is 6. The van der Waals surface area contributed by atoms with Crippen molar-refractivity contribution in [3.63, 3.8) is 0 Å². The van der Waals surface area contributed by atoms with E-state index in [-0.39, 0.29) is 42.0 Å². The number of benzene rings is 2. The van der Waals surface area contributed by atoms with E-state index >= 15 is 0 Å². The van der Waals surface area contributed by atoms with E-state index in [2.05, 4.69) is 0 Å². The molecule has 0 spiro atoms. The van der Waals surface area contributed by atoms with Gasteiger partial charge < -0.3 is 24.8 Å². The maximum atomic E-state index is 12.0. The molecule has 160 valence electrons. The normalized spacial score (nSPS) is 22.0. The van der Waals surface area contributed by atoms with Gasteiger partial charge in [0.1, 0.15) is 28.8 Å². The van der Waals surface area contributed by atoms with Gasteiger partial charge >= 0.3 is 0 Å². The highest BCUT2D eigenvalue weighted by atomic mass is 16.7. The molecule has 0 unspecified atom stereocenters. The third-order valence-corrected chi connectivity index (χ3v) is 6.85. The summed E-state index contributed by atoms with van der Waals surface area (Å²) in [4.78, 5) is 12.0. The van der Waals surface area contributed by atoms with Crippen LogP contribution in [-0.2, 0) is 29.0 Å². The Labute approximate surface area is 176 Å². The van der Waals surface area contributed by atoms with Gasteiger partial charge in [-0.15, -0.1) is 0 Å². The van der Waals surface area contributed by atoms with Crippen LogP contribution in [0.4, 0.5) is 0 Å². The second-order valence-electron chi connectivity index (χ2n) is 8.77. The third-order valence-electron chi connectivity index (χ3n) is 6.85. The van der Waals surface area contributed by atoms with Crippen LogP contribution >= 0.6 is 0 Å². The van der Waals surface area contributed by atoms with E-state index in [1.54, 1.807) is 13.8 Å². The van der Waals surface area contributed by atoms with Crippen LogP contribution in [0.15, 0.2) is 0 Å². The summed E-state index contributed by atoms with van der Waals surface area (Å²) in [7, 11) is 0. The van der Waals surface area contributed by atoms with Gasteiger partial charge in [-0.25, -0.2) is 0 Å². The third kappa shape index (κ3) is 2.70. The summed E-state index contributed by atoms with van der Waals surface area (Å²) in [5.74, 6) is -0.523. The molecule has 0 amide bonds. The molecule has 2 aromatic rings. The van der Waals surface area contributed by atoms with Crippen LogP contribution in [-0.4, -0.2) is 26.9 Å². The number of ketones is 1. The Morgan fingerprint density at radius 3 is 2.23 bits per heavy atom. The summed E-state index contributed by atoms with van der Waals surface area (Å²) < 4.78 is 12.5. The van der Waals surface area contributed by atoms with Crippen molar-refractivity contribution in [2.75, 3.05) is 0 Å². The van der Waals surface area contributed by atoms with Crippen molar-refractivity contribution in [3.8, 4) is 23.0 Å². The number of Topliss-reactive ketones (excluding diaryl/α,β-unsaturated/α-hetero) is 1. The molecular weight excluding hydrogens is 384 g/mol. The fraction of sp³-hybridized carbons (Fsp3) is 0.458. The van der Waals surface area contributed by atoms with E-state index in [1.165, 1.54) is 6.92 Å². The highest BCUT2D eigenvalue weighted by Gasteiger charge is 2.49. The predicted octanol–water partition coefficient (Wildman–Crippen LogP) is 4.13. The molecule has 0 saturated heterocycles. The topological polar surface area (TPSA) is 96.2 Å². The zero-order chi connectivity index (χ0) is 22.1. The second kappa shape index (κ2) is 6.64. The molecule has 0 aromatic heterocycles. The Morgan fingerprint density at radius 1 is 0.967 bits per heavy atom. The van der Waals surface area contributed by atoms with E-state index in [0.717, 1.165) is 16.7 Å². The number of hydrogen-bond donors (Lipinski definition) is 3. The van der Waals surface area contributed by atoms with E-state index < -0.39 is 5.79 Å². The number of carbonyl (C=O) groups is 1. The lowest BCUT2D eigenvalue weighted by Crippen LogP contribution is -2.49. The minimum atomic E-state index is -1.03. The zero-order valence-corrected chi connectivity index (χ0v) is 18.3. The molecular formula is C24H28O6. The summed E-state index contributed by atoms with van der Waals surface area (Å²) in [6, 6.07) is 0. The molecule has 0 radical (unpaired) electrons. The first-order valence-electron chi connectivity index (χ1n) is 10.2. The molecule has 2 heterocycles. The highest BCUT2D eigenvalue weighted by molar-refractivity contribution is 5.80. The molecule has 2 aromatic carbocycles. The van der Waals surface area contributed by atoms with Gasteiger partial charge in [-0.05, 0) is 68.9 Å². The number of phenolic OH excluding ortho intramolecular Hbond substituents is 3. The van der Waals surface area contributed by atoms with Gasteiger partial charge in [0.25, 0.3) is 0 Å². The maximum Gasteiger partial charge on any atom is 0.215 e. The van der Waals surface area contributed by atoms with Gasteiger partial charge in [-0.3, -0.25) is 4.79 Å². The van der Waals surface area contributed by atoms with E-state index in [0.29, 0.717) is 40.0 Å². The highest BCUT2D eigenvalue weighted by Crippen LogP contribution is 2.54. The minimum absolute atomic E-state index is 0.000670. The van der Waals surface area contributed by atoms with Crippen molar-refractivity contribution in [2.45, 2.75) is 72.7 Å². The molecule has 2 aliphatic heterocycles. The monoisotopic (exact) mass is 412 g/mol. The average molecular weight is 412 g/mol. The van der Waals surface area contributed by atoms with Gasteiger partial charge in [0.05, 0.1) is 12.5 Å². The second-order valence-corrected chi connectivity index (χ2v) is 8.77. The smallest absolute Gasteiger partial charge is 0.215 e. The molecule has 0 aliphatic carbocycles. The first-order chi connectivity index (χ1) is 14.0. The van der Waals surface area contributed by atoms with Crippen LogP contribution in [0.3, 0.4) is 0 Å². The molecule has 6 heteroatoms. The lowest BCUT2D eigenvalue weighted by molar-refractivity contribution is -0.209. The van der Waals surface area contributed by atoms with Crippen LogP contribution in [0.2, 0.25) is 0 Å². The Bertz CT molecular complexity index is 1100. The Kier molecular flexibility index (Phi) is 4.54. The largest absolute Gasteiger partial charge is 0.507 e. The van der Waals surface area contributed by atoms with E-state index in [4.69, 9.17) is 9.47 Å². The number of fused-ring (bicyclic) bond motifs is 4. The fourth-order valence-electron chi connectivity index (χ4n) is 5.06. The molecule has 0 saturated carbocycles. The Hall–Kier alpha value is -2.73. The molecule has 30 heavy (non-hydrogen) atoms. The number of rotatable bonds is 2. The van der Waals surface area contributed by atoms with Gasteiger partial charge in [0.2, 0.25) is 5.79 Å². The molecule has 2 atom stereocenters. The molecule has 6 nitrogen and oxygen atoms in total. The minimum Gasteiger partial charge on any atom is -0.507 e. The van der Waals surface area contributed by atoms with Crippen LogP contribution in [0.1, 0.15) is 64.3 Å². The number of ether oxygens (including phenoxy) is 2. The van der Waals surface area contributed by atoms with Crippen LogP contribution in [0, 0.1) is 27.7 Å². The molecule has 0 fully saturated rings. The molecule has 0 bridgehead atoms. The average Bonchev–Trinajstić information content (AvgIpc) is 2.70. The van der Waals surface area contributed by atoms with Gasteiger partial charge in [0, 0.05) is 30.0 Å². The summed E-state index contributed by atoms with van der Waals surface area (Å²) in [6.45, 7) is 10.7. The van der Waals surface area contributed by atoms with Crippen molar-refractivity contribution in [1.29, 1.82) is 0 Å². The molecule has 3 N–H and O–H groups in total. The van der Waals surface area contributed by atoms with Crippen molar-refractivity contribution >= 4 is 5.78 Å². The summed E-state index contributed by atoms with van der Waals surface area (Å²) in [5.41, 5.74) is 5.57. The number of phenols is 3. The van der Waals surface area contributed by atoms with Gasteiger partial charge in [0.15, 0.2) is 0 Å².